The molecule has 0 bridgehead atoms. The van der Waals surface area contributed by atoms with Crippen LogP contribution in [0.1, 0.15) is 45.8 Å². The molecule has 0 spiro atoms. The Morgan fingerprint density at radius 2 is 2.12 bits per heavy atom. The van der Waals surface area contributed by atoms with Crippen molar-refractivity contribution in [2.24, 2.45) is 0 Å². The fraction of sp³-hybridized carbons (Fsp3) is 0.348. The van der Waals surface area contributed by atoms with Crippen molar-refractivity contribution in [1.29, 1.82) is 0 Å². The number of benzene rings is 1. The van der Waals surface area contributed by atoms with Gasteiger partial charge in [-0.05, 0) is 6.07 Å². The van der Waals surface area contributed by atoms with Crippen LogP contribution in [0, 0.1) is 18.2 Å². The predicted molar refractivity (Wildman–Crippen MR) is 118 cm³/mol. The number of aldehydes is 1. The molecule has 0 radical (unpaired) electrons. The Balaban J connectivity index is 1.68. The molecular weight excluding hydrogens is 449 g/mol. The van der Waals surface area contributed by atoms with Crippen LogP contribution in [-0.4, -0.2) is 54.9 Å². The summed E-state index contributed by atoms with van der Waals surface area (Å²) in [5, 5.41) is 7.35. The second-order valence-corrected chi connectivity index (χ2v) is 8.02. The summed E-state index contributed by atoms with van der Waals surface area (Å²) in [7, 11) is 1.50. The molecule has 2 aromatic rings. The van der Waals surface area contributed by atoms with Gasteiger partial charge in [0, 0.05) is 37.8 Å². The fourth-order valence-electron chi connectivity index (χ4n) is 4.11. The van der Waals surface area contributed by atoms with Crippen LogP contribution in [0.25, 0.3) is 0 Å². The first kappa shape index (κ1) is 23.7. The molecule has 3 heterocycles. The molecule has 178 valence electrons. The number of pyridine rings is 1. The number of terminal acetylenes is 1. The van der Waals surface area contributed by atoms with Gasteiger partial charge in [0.05, 0.1) is 29.5 Å². The number of hydrogen-bond acceptors (Lipinski definition) is 7. The fourth-order valence-corrected chi connectivity index (χ4v) is 4.11. The summed E-state index contributed by atoms with van der Waals surface area (Å²) in [6.07, 6.45) is 4.27. The maximum absolute atomic E-state index is 14.8. The van der Waals surface area contributed by atoms with Crippen molar-refractivity contribution in [3.8, 4) is 12.3 Å². The third-order valence-electron chi connectivity index (χ3n) is 5.88. The van der Waals surface area contributed by atoms with Crippen LogP contribution < -0.4 is 21.0 Å². The summed E-state index contributed by atoms with van der Waals surface area (Å²) >= 11 is 0. The third kappa shape index (κ3) is 4.48. The van der Waals surface area contributed by atoms with Crippen LogP contribution in [0.15, 0.2) is 30.5 Å². The molecule has 3 atom stereocenters. The SMILES string of the molecule is C#CC(NC1NN(C)C(=O)c2ncc(N3CCNC(C=O)C3)cc21)c1cccc(C(F)F)c1F. The Morgan fingerprint density at radius 3 is 2.82 bits per heavy atom. The summed E-state index contributed by atoms with van der Waals surface area (Å²) in [6.45, 7) is 1.66. The highest BCUT2D eigenvalue weighted by atomic mass is 19.3. The van der Waals surface area contributed by atoms with Crippen molar-refractivity contribution in [2.45, 2.75) is 24.7 Å². The number of nitrogens with one attached hydrogen (secondary N) is 3. The van der Waals surface area contributed by atoms with Gasteiger partial charge in [0.15, 0.2) is 0 Å². The minimum absolute atomic E-state index is 0.108. The van der Waals surface area contributed by atoms with Crippen LogP contribution in [-0.2, 0) is 4.79 Å². The van der Waals surface area contributed by atoms with Crippen LogP contribution in [0.4, 0.5) is 18.9 Å². The lowest BCUT2D eigenvalue weighted by Gasteiger charge is -2.36. The number of amides is 1. The average Bonchev–Trinajstić information content (AvgIpc) is 2.85. The second kappa shape index (κ2) is 9.80. The predicted octanol–water partition coefficient (Wildman–Crippen LogP) is 1.69. The molecule has 1 amide bonds. The van der Waals surface area contributed by atoms with E-state index < -0.39 is 30.0 Å². The van der Waals surface area contributed by atoms with Crippen molar-refractivity contribution in [2.75, 3.05) is 31.6 Å². The highest BCUT2D eigenvalue weighted by molar-refractivity contribution is 5.94. The monoisotopic (exact) mass is 472 g/mol. The Labute approximate surface area is 194 Å². The molecule has 1 fully saturated rings. The number of nitrogens with zero attached hydrogens (tertiary/aromatic N) is 3. The lowest BCUT2D eigenvalue weighted by Crippen LogP contribution is -2.53. The maximum Gasteiger partial charge on any atom is 0.286 e. The van der Waals surface area contributed by atoms with Crippen molar-refractivity contribution in [3.63, 3.8) is 0 Å². The molecule has 4 rings (SSSR count). The van der Waals surface area contributed by atoms with E-state index in [4.69, 9.17) is 6.42 Å². The maximum atomic E-state index is 14.8. The van der Waals surface area contributed by atoms with E-state index in [-0.39, 0.29) is 23.2 Å². The number of carbonyl (C=O) groups is 2. The zero-order valence-electron chi connectivity index (χ0n) is 18.3. The number of rotatable bonds is 6. The van der Waals surface area contributed by atoms with E-state index >= 15 is 0 Å². The Hall–Kier alpha value is -3.46. The third-order valence-corrected chi connectivity index (χ3v) is 5.88. The number of aromatic nitrogens is 1. The van der Waals surface area contributed by atoms with Gasteiger partial charge in [-0.25, -0.2) is 23.6 Å². The first-order chi connectivity index (χ1) is 16.3. The number of hydrogen-bond donors (Lipinski definition) is 3. The van der Waals surface area contributed by atoms with Crippen molar-refractivity contribution >= 4 is 17.9 Å². The van der Waals surface area contributed by atoms with Gasteiger partial charge in [-0.15, -0.1) is 6.42 Å². The number of alkyl halides is 2. The summed E-state index contributed by atoms with van der Waals surface area (Å²) in [6, 6.07) is 4.01. The van der Waals surface area contributed by atoms with Gasteiger partial charge in [0.1, 0.15) is 24.0 Å². The van der Waals surface area contributed by atoms with E-state index in [1.165, 1.54) is 24.2 Å². The van der Waals surface area contributed by atoms with E-state index in [1.807, 2.05) is 4.90 Å². The molecule has 1 aromatic heterocycles. The first-order valence-corrected chi connectivity index (χ1v) is 10.6. The number of piperazine rings is 1. The molecule has 3 unspecified atom stereocenters. The minimum atomic E-state index is -2.99. The summed E-state index contributed by atoms with van der Waals surface area (Å²) in [5.41, 5.74) is 3.43. The number of hydrazine groups is 1. The molecule has 34 heavy (non-hydrogen) atoms. The van der Waals surface area contributed by atoms with E-state index in [0.717, 1.165) is 12.4 Å². The standard InChI is InChI=1S/C23H23F3N6O2/c1-3-18(15-5-4-6-16(19(15)24)21(25)26)29-22-17-9-14(32-8-7-27-13(11-32)12-33)10-28-20(17)23(34)31(2)30-22/h1,4-6,9-10,12-13,18,21-22,27,29-30H,7-8,11H2,2H3. The number of fused-ring (bicyclic) bond motifs is 1. The average molecular weight is 472 g/mol. The molecule has 1 saturated heterocycles. The van der Waals surface area contributed by atoms with Gasteiger partial charge < -0.3 is 15.0 Å². The van der Waals surface area contributed by atoms with Gasteiger partial charge >= 0.3 is 0 Å². The van der Waals surface area contributed by atoms with Gasteiger partial charge in [0.2, 0.25) is 0 Å². The molecule has 8 nitrogen and oxygen atoms in total. The number of anilines is 1. The lowest BCUT2D eigenvalue weighted by molar-refractivity contribution is -0.109. The van der Waals surface area contributed by atoms with Crippen molar-refractivity contribution < 1.29 is 22.8 Å². The van der Waals surface area contributed by atoms with Gasteiger partial charge in [-0.3, -0.25) is 15.1 Å². The molecule has 0 aliphatic carbocycles. The second-order valence-electron chi connectivity index (χ2n) is 8.02. The van der Waals surface area contributed by atoms with E-state index in [1.54, 1.807) is 12.3 Å². The molecule has 1 aromatic carbocycles. The molecule has 3 N–H and O–H groups in total. The largest absolute Gasteiger partial charge is 0.367 e. The highest BCUT2D eigenvalue weighted by Crippen LogP contribution is 2.31. The number of halogens is 3. The molecular formula is C23H23F3N6O2. The van der Waals surface area contributed by atoms with Gasteiger partial charge in [0.25, 0.3) is 12.3 Å². The highest BCUT2D eigenvalue weighted by Gasteiger charge is 2.33. The van der Waals surface area contributed by atoms with Gasteiger partial charge in [-0.1, -0.05) is 24.1 Å². The van der Waals surface area contributed by atoms with Crippen molar-refractivity contribution in [1.82, 2.24) is 26.1 Å². The molecule has 0 saturated carbocycles. The van der Waals surface area contributed by atoms with Crippen LogP contribution in [0.2, 0.25) is 0 Å². The van der Waals surface area contributed by atoms with Gasteiger partial charge in [-0.2, -0.15) is 0 Å². The quantitative estimate of drug-likeness (QED) is 0.436. The summed E-state index contributed by atoms with van der Waals surface area (Å²) in [5.74, 6) is 0.940. The normalized spacial score (nSPS) is 21.2. The minimum Gasteiger partial charge on any atom is -0.367 e. The van der Waals surface area contributed by atoms with Crippen molar-refractivity contribution in [3.05, 3.63) is 58.7 Å². The zero-order valence-corrected chi connectivity index (χ0v) is 18.3. The Bertz CT molecular complexity index is 1140. The topological polar surface area (TPSA) is 89.6 Å². The summed E-state index contributed by atoms with van der Waals surface area (Å²) < 4.78 is 41.2. The van der Waals surface area contributed by atoms with Crippen LogP contribution in [0.5, 0.6) is 0 Å². The zero-order chi connectivity index (χ0) is 24.4. The molecule has 2 aliphatic rings. The Kier molecular flexibility index (Phi) is 6.83. The van der Waals surface area contributed by atoms with Crippen LogP contribution in [0.3, 0.4) is 0 Å². The first-order valence-electron chi connectivity index (χ1n) is 10.6. The van der Waals surface area contributed by atoms with E-state index in [0.29, 0.717) is 30.9 Å². The van der Waals surface area contributed by atoms with E-state index in [9.17, 15) is 22.8 Å². The molecule has 2 aliphatic heterocycles. The molecule has 11 heteroatoms. The smallest absolute Gasteiger partial charge is 0.286 e. The van der Waals surface area contributed by atoms with E-state index in [2.05, 4.69) is 27.0 Å². The summed E-state index contributed by atoms with van der Waals surface area (Å²) in [4.78, 5) is 30.2. The Morgan fingerprint density at radius 1 is 1.35 bits per heavy atom. The lowest BCUT2D eigenvalue weighted by atomic mass is 10.0. The van der Waals surface area contributed by atoms with Crippen LogP contribution >= 0.6 is 0 Å². The number of carbonyl (C=O) groups excluding carboxylic acids is 2.